The van der Waals surface area contributed by atoms with Gasteiger partial charge in [-0.15, -0.1) is 11.3 Å². The molecule has 0 spiro atoms. The first kappa shape index (κ1) is 16.7. The van der Waals surface area contributed by atoms with E-state index in [0.717, 1.165) is 11.3 Å². The molecule has 0 aliphatic rings. The highest BCUT2D eigenvalue weighted by molar-refractivity contribution is 7.14. The quantitative estimate of drug-likeness (QED) is 0.415. The lowest BCUT2D eigenvalue weighted by Crippen LogP contribution is -2.02. The molecule has 3 rings (SSSR count). The number of hydrogen-bond acceptors (Lipinski definition) is 7. The number of nitrogens with zero attached hydrogens (tertiary/aromatic N) is 2. The number of aromatic nitrogens is 1. The Morgan fingerprint density at radius 2 is 2.08 bits per heavy atom. The fourth-order valence-corrected chi connectivity index (χ4v) is 2.80. The zero-order chi connectivity index (χ0) is 17.6. The van der Waals surface area contributed by atoms with Gasteiger partial charge < -0.3 is 9.84 Å². The molecule has 3 aromatic rings. The normalized spacial score (nSPS) is 10.8. The number of benzene rings is 2. The summed E-state index contributed by atoms with van der Waals surface area (Å²) in [5.74, 6) is -0.738. The third-order valence-electron chi connectivity index (χ3n) is 3.37. The van der Waals surface area contributed by atoms with Crippen LogP contribution in [-0.4, -0.2) is 29.4 Å². The van der Waals surface area contributed by atoms with Crippen molar-refractivity contribution in [2.75, 3.05) is 12.5 Å². The summed E-state index contributed by atoms with van der Waals surface area (Å²) in [4.78, 5) is 16.0. The predicted octanol–water partition coefficient (Wildman–Crippen LogP) is 3.75. The van der Waals surface area contributed by atoms with Crippen LogP contribution in [0.4, 0.5) is 5.13 Å². The Bertz CT molecular complexity index is 907. The molecular weight excluding hydrogens is 338 g/mol. The Morgan fingerprint density at radius 1 is 1.28 bits per heavy atom. The molecule has 7 heteroatoms. The summed E-state index contributed by atoms with van der Waals surface area (Å²) in [5, 5.41) is 16.4. The standard InChI is InChI=1S/C18H15N3O3S/c1-24-17(23)14-9-12(7-8-16(14)22)10-19-21-18-20-15(11-25-18)13-5-3-2-4-6-13/h2-11,22H,1H3,(H,20,21). The van der Waals surface area contributed by atoms with Crippen LogP contribution in [0.15, 0.2) is 59.0 Å². The monoisotopic (exact) mass is 353 g/mol. The maximum absolute atomic E-state index is 11.6. The molecule has 2 aromatic carbocycles. The molecular formula is C18H15N3O3S. The van der Waals surface area contributed by atoms with E-state index in [0.29, 0.717) is 10.7 Å². The number of methoxy groups -OCH3 is 1. The van der Waals surface area contributed by atoms with Crippen molar-refractivity contribution in [3.63, 3.8) is 0 Å². The van der Waals surface area contributed by atoms with E-state index in [2.05, 4.69) is 20.2 Å². The number of anilines is 1. The van der Waals surface area contributed by atoms with Gasteiger partial charge in [0.05, 0.1) is 19.0 Å². The zero-order valence-corrected chi connectivity index (χ0v) is 14.2. The Hall–Kier alpha value is -3.19. The zero-order valence-electron chi connectivity index (χ0n) is 13.3. The molecule has 0 saturated heterocycles. The minimum absolute atomic E-state index is 0.0899. The minimum atomic E-state index is -0.604. The molecule has 0 aliphatic carbocycles. The second-order valence-electron chi connectivity index (χ2n) is 5.04. The Kier molecular flexibility index (Phi) is 5.06. The van der Waals surface area contributed by atoms with Crippen LogP contribution < -0.4 is 5.43 Å². The van der Waals surface area contributed by atoms with Gasteiger partial charge in [-0.2, -0.15) is 5.10 Å². The van der Waals surface area contributed by atoms with Crippen LogP contribution in [-0.2, 0) is 4.74 Å². The average Bonchev–Trinajstić information content (AvgIpc) is 3.12. The van der Waals surface area contributed by atoms with Gasteiger partial charge in [0.2, 0.25) is 5.13 Å². The minimum Gasteiger partial charge on any atom is -0.507 e. The number of carbonyl (C=O) groups excluding carboxylic acids is 1. The smallest absolute Gasteiger partial charge is 0.341 e. The first-order valence-electron chi connectivity index (χ1n) is 7.39. The summed E-state index contributed by atoms with van der Waals surface area (Å²) in [6.45, 7) is 0. The molecule has 0 radical (unpaired) electrons. The van der Waals surface area contributed by atoms with Crippen molar-refractivity contribution in [3.05, 3.63) is 65.0 Å². The molecule has 0 bridgehead atoms. The number of aromatic hydroxyl groups is 1. The maximum Gasteiger partial charge on any atom is 0.341 e. The number of phenols is 1. The third-order valence-corrected chi connectivity index (χ3v) is 4.12. The number of phenolic OH excluding ortho intramolecular Hbond substituents is 1. The van der Waals surface area contributed by atoms with Crippen molar-refractivity contribution in [2.45, 2.75) is 0 Å². The van der Waals surface area contributed by atoms with Gasteiger partial charge >= 0.3 is 5.97 Å². The highest BCUT2D eigenvalue weighted by Crippen LogP contribution is 2.24. The van der Waals surface area contributed by atoms with Crippen molar-refractivity contribution in [3.8, 4) is 17.0 Å². The topological polar surface area (TPSA) is 83.8 Å². The fraction of sp³-hybridized carbons (Fsp3) is 0.0556. The van der Waals surface area contributed by atoms with E-state index in [9.17, 15) is 9.90 Å². The SMILES string of the molecule is COC(=O)c1cc(C=NNc2nc(-c3ccccc3)cs2)ccc1O. The van der Waals surface area contributed by atoms with E-state index in [-0.39, 0.29) is 11.3 Å². The van der Waals surface area contributed by atoms with Gasteiger partial charge in [0.15, 0.2) is 0 Å². The van der Waals surface area contributed by atoms with Gasteiger partial charge in [-0.05, 0) is 23.8 Å². The van der Waals surface area contributed by atoms with Gasteiger partial charge in [0.25, 0.3) is 0 Å². The first-order chi connectivity index (χ1) is 12.2. The van der Waals surface area contributed by atoms with Crippen LogP contribution in [0, 0.1) is 0 Å². The first-order valence-corrected chi connectivity index (χ1v) is 8.26. The maximum atomic E-state index is 11.6. The van der Waals surface area contributed by atoms with E-state index in [1.54, 1.807) is 6.07 Å². The van der Waals surface area contributed by atoms with Gasteiger partial charge in [0.1, 0.15) is 11.3 Å². The molecule has 0 unspecified atom stereocenters. The van der Waals surface area contributed by atoms with Gasteiger partial charge in [-0.3, -0.25) is 5.43 Å². The molecule has 0 saturated carbocycles. The lowest BCUT2D eigenvalue weighted by atomic mass is 10.1. The Morgan fingerprint density at radius 3 is 2.84 bits per heavy atom. The van der Waals surface area contributed by atoms with Crippen molar-refractivity contribution >= 4 is 28.7 Å². The lowest BCUT2D eigenvalue weighted by Gasteiger charge is -2.03. The van der Waals surface area contributed by atoms with Crippen molar-refractivity contribution in [2.24, 2.45) is 5.10 Å². The van der Waals surface area contributed by atoms with E-state index in [1.807, 2.05) is 35.7 Å². The summed E-state index contributed by atoms with van der Waals surface area (Å²) >= 11 is 1.44. The van der Waals surface area contributed by atoms with Gasteiger partial charge in [-0.25, -0.2) is 9.78 Å². The molecule has 0 amide bonds. The van der Waals surface area contributed by atoms with Crippen molar-refractivity contribution in [1.82, 2.24) is 4.98 Å². The van der Waals surface area contributed by atoms with Crippen LogP contribution in [0.5, 0.6) is 5.75 Å². The number of hydrazone groups is 1. The molecule has 25 heavy (non-hydrogen) atoms. The molecule has 6 nitrogen and oxygen atoms in total. The highest BCUT2D eigenvalue weighted by Gasteiger charge is 2.11. The van der Waals surface area contributed by atoms with Crippen LogP contribution in [0.2, 0.25) is 0 Å². The molecule has 1 aromatic heterocycles. The summed E-state index contributed by atoms with van der Waals surface area (Å²) in [7, 11) is 1.26. The fourth-order valence-electron chi connectivity index (χ4n) is 2.14. The van der Waals surface area contributed by atoms with Gasteiger partial charge in [-0.1, -0.05) is 30.3 Å². The summed E-state index contributed by atoms with van der Waals surface area (Å²) in [6, 6.07) is 14.4. The van der Waals surface area contributed by atoms with Crippen LogP contribution in [0.25, 0.3) is 11.3 Å². The molecule has 126 valence electrons. The van der Waals surface area contributed by atoms with E-state index in [4.69, 9.17) is 0 Å². The van der Waals surface area contributed by atoms with Crippen LogP contribution in [0.1, 0.15) is 15.9 Å². The van der Waals surface area contributed by atoms with Crippen molar-refractivity contribution < 1.29 is 14.6 Å². The lowest BCUT2D eigenvalue weighted by molar-refractivity contribution is 0.0597. The highest BCUT2D eigenvalue weighted by atomic mass is 32.1. The van der Waals surface area contributed by atoms with Crippen LogP contribution >= 0.6 is 11.3 Å². The number of esters is 1. The number of ether oxygens (including phenoxy) is 1. The summed E-state index contributed by atoms with van der Waals surface area (Å²) < 4.78 is 4.62. The molecule has 1 heterocycles. The van der Waals surface area contributed by atoms with Crippen molar-refractivity contribution in [1.29, 1.82) is 0 Å². The molecule has 0 fully saturated rings. The summed E-state index contributed by atoms with van der Waals surface area (Å²) in [5.41, 5.74) is 5.51. The number of hydrogen-bond donors (Lipinski definition) is 2. The van der Waals surface area contributed by atoms with E-state index >= 15 is 0 Å². The van der Waals surface area contributed by atoms with Crippen LogP contribution in [0.3, 0.4) is 0 Å². The molecule has 0 atom stereocenters. The molecule has 0 aliphatic heterocycles. The number of carbonyl (C=O) groups is 1. The summed E-state index contributed by atoms with van der Waals surface area (Å²) in [6.07, 6.45) is 1.54. The van der Waals surface area contributed by atoms with E-state index in [1.165, 1.54) is 36.8 Å². The Labute approximate surface area is 148 Å². The predicted molar refractivity (Wildman–Crippen MR) is 98.2 cm³/mol. The molecule has 2 N–H and O–H groups in total. The number of nitrogens with one attached hydrogen (secondary N) is 1. The Balaban J connectivity index is 1.70. The largest absolute Gasteiger partial charge is 0.507 e. The third kappa shape index (κ3) is 4.02. The second kappa shape index (κ2) is 7.59. The van der Waals surface area contributed by atoms with Gasteiger partial charge in [0, 0.05) is 10.9 Å². The number of thiazole rings is 1. The average molecular weight is 353 g/mol. The number of rotatable bonds is 5. The van der Waals surface area contributed by atoms with E-state index < -0.39 is 5.97 Å². The second-order valence-corrected chi connectivity index (χ2v) is 5.90.